The minimum absolute atomic E-state index is 0. The quantitative estimate of drug-likeness (QED) is 0.417. The van der Waals surface area contributed by atoms with Crippen LogP contribution in [0.5, 0.6) is 0 Å². The fourth-order valence-corrected chi connectivity index (χ4v) is 0. The van der Waals surface area contributed by atoms with Crippen molar-refractivity contribution in [3.8, 4) is 0 Å². The third-order valence-corrected chi connectivity index (χ3v) is 0. The minimum Gasteiger partial charge on any atom is 0 e. The van der Waals surface area contributed by atoms with E-state index in [9.17, 15) is 0 Å². The van der Waals surface area contributed by atoms with E-state index in [2.05, 4.69) is 0 Å². The summed E-state index contributed by atoms with van der Waals surface area (Å²) in [6, 6.07) is 0. The zero-order valence-corrected chi connectivity index (χ0v) is 14.7. The first-order valence-electron chi connectivity index (χ1n) is 0. The van der Waals surface area contributed by atoms with Gasteiger partial charge in [0.2, 0.25) is 0 Å². The van der Waals surface area contributed by atoms with E-state index in [-0.39, 0.29) is 196 Å². The van der Waals surface area contributed by atoms with Crippen LogP contribution in [0.1, 0.15) is 0 Å². The molecule has 0 nitrogen and oxygen atoms in total. The SMILES string of the molecule is [NaH].[NaH].[NaH].[NaH].[Zn].[Zn].[Zn].[Zn]. The van der Waals surface area contributed by atoms with Gasteiger partial charge in [-0.3, -0.25) is 0 Å². The standard InChI is InChI=1S/4Na.4Zn.4H. The van der Waals surface area contributed by atoms with Crippen molar-refractivity contribution in [2.45, 2.75) is 0 Å². The van der Waals surface area contributed by atoms with Crippen molar-refractivity contribution in [2.24, 2.45) is 0 Å². The Kier molecular flexibility index (Phi) is 391. The van der Waals surface area contributed by atoms with Gasteiger partial charge in [-0.25, -0.2) is 0 Å². The first kappa shape index (κ1) is 62.6. The van der Waals surface area contributed by atoms with Crippen molar-refractivity contribution in [1.82, 2.24) is 0 Å². The van der Waals surface area contributed by atoms with Gasteiger partial charge in [-0.15, -0.1) is 0 Å². The first-order valence-corrected chi connectivity index (χ1v) is 0. The van der Waals surface area contributed by atoms with E-state index in [4.69, 9.17) is 0 Å². The molecule has 0 heterocycles. The zero-order chi connectivity index (χ0) is 0. The predicted molar refractivity (Wildman–Crippen MR) is 28.6 cm³/mol. The Hall–Kier alpha value is 6.49. The normalized spacial score (nSPS) is 0. The summed E-state index contributed by atoms with van der Waals surface area (Å²) in [6.45, 7) is 0. The molecule has 0 fully saturated rings. The van der Waals surface area contributed by atoms with E-state index >= 15 is 0 Å². The third-order valence-electron chi connectivity index (χ3n) is 0. The van der Waals surface area contributed by atoms with Crippen molar-refractivity contribution in [3.05, 3.63) is 0 Å². The molecule has 0 aromatic rings. The summed E-state index contributed by atoms with van der Waals surface area (Å²) in [5.74, 6) is 0. The Labute approximate surface area is 191 Å². The van der Waals surface area contributed by atoms with E-state index in [1.807, 2.05) is 0 Å². The Morgan fingerprint density at radius 2 is 0.250 bits per heavy atom. The second-order valence-electron chi connectivity index (χ2n) is 0. The minimum atomic E-state index is 0. The molecule has 0 amide bonds. The molecular formula is H4Na4Zn4. The molecule has 0 aliphatic carbocycles. The summed E-state index contributed by atoms with van der Waals surface area (Å²) in [4.78, 5) is 0. The molecule has 0 aromatic carbocycles. The molecule has 0 aromatic heterocycles. The van der Waals surface area contributed by atoms with Crippen LogP contribution in [0.4, 0.5) is 0 Å². The molecule has 0 atom stereocenters. The van der Waals surface area contributed by atoms with Crippen molar-refractivity contribution in [1.29, 1.82) is 0 Å². The number of rotatable bonds is 0. The van der Waals surface area contributed by atoms with Gasteiger partial charge in [0, 0.05) is 77.9 Å². The van der Waals surface area contributed by atoms with E-state index in [1.54, 1.807) is 0 Å². The number of hydrogen-bond acceptors (Lipinski definition) is 0. The Bertz CT molecular complexity index is 8.00. The second-order valence-corrected chi connectivity index (χ2v) is 0. The Morgan fingerprint density at radius 1 is 0.250 bits per heavy atom. The van der Waals surface area contributed by atoms with Gasteiger partial charge in [0.25, 0.3) is 0 Å². The molecular weight excluding hydrogens is 354 g/mol. The Balaban J connectivity index is 0. The topological polar surface area (TPSA) is 0 Å². The van der Waals surface area contributed by atoms with E-state index < -0.39 is 0 Å². The fourth-order valence-electron chi connectivity index (χ4n) is 0. The van der Waals surface area contributed by atoms with Crippen molar-refractivity contribution in [2.75, 3.05) is 0 Å². The second kappa shape index (κ2) is 49.9. The summed E-state index contributed by atoms with van der Waals surface area (Å²) >= 11 is 0. The molecule has 0 rings (SSSR count). The molecule has 0 bridgehead atoms. The average molecular weight is 358 g/mol. The molecule has 0 spiro atoms. The van der Waals surface area contributed by atoms with Gasteiger partial charge in [0.05, 0.1) is 0 Å². The van der Waals surface area contributed by atoms with E-state index in [1.165, 1.54) is 0 Å². The molecule has 0 saturated heterocycles. The fraction of sp³-hybridized carbons (Fsp3) is 0. The molecule has 0 radical (unpaired) electrons. The summed E-state index contributed by atoms with van der Waals surface area (Å²) in [7, 11) is 0. The van der Waals surface area contributed by atoms with Crippen LogP contribution in [0.3, 0.4) is 0 Å². The Morgan fingerprint density at radius 3 is 0.250 bits per heavy atom. The predicted octanol–water partition coefficient (Wildman–Crippen LogP) is -2.60. The van der Waals surface area contributed by atoms with Gasteiger partial charge < -0.3 is 0 Å². The third kappa shape index (κ3) is 39.1. The molecule has 0 saturated carbocycles. The van der Waals surface area contributed by atoms with Crippen molar-refractivity contribution in [3.63, 3.8) is 0 Å². The van der Waals surface area contributed by atoms with Crippen LogP contribution < -0.4 is 0 Å². The molecule has 0 N–H and O–H groups in total. The molecule has 8 heteroatoms. The maximum atomic E-state index is 0. The van der Waals surface area contributed by atoms with Gasteiger partial charge in [-0.05, 0) is 0 Å². The van der Waals surface area contributed by atoms with Gasteiger partial charge in [0.1, 0.15) is 0 Å². The maximum absolute atomic E-state index is 0. The molecule has 0 aliphatic heterocycles. The van der Waals surface area contributed by atoms with E-state index in [0.29, 0.717) is 0 Å². The zero-order valence-electron chi connectivity index (χ0n) is 2.83. The van der Waals surface area contributed by atoms with Gasteiger partial charge in [0.15, 0.2) is 0 Å². The van der Waals surface area contributed by atoms with Gasteiger partial charge in [-0.2, -0.15) is 0 Å². The van der Waals surface area contributed by atoms with Crippen LogP contribution in [0, 0.1) is 0 Å². The smallest absolute Gasteiger partial charge is 0 e. The van der Waals surface area contributed by atoms with Crippen LogP contribution in [-0.4, -0.2) is 118 Å². The van der Waals surface area contributed by atoms with E-state index in [0.717, 1.165) is 0 Å². The van der Waals surface area contributed by atoms with Crippen LogP contribution in [0.25, 0.3) is 0 Å². The van der Waals surface area contributed by atoms with Crippen LogP contribution >= 0.6 is 0 Å². The monoisotopic (exact) mass is 352 g/mol. The number of hydrogen-bond donors (Lipinski definition) is 0. The molecule has 0 aliphatic rings. The maximum Gasteiger partial charge on any atom is 0 e. The largest absolute Gasteiger partial charge is 0 e. The van der Waals surface area contributed by atoms with Crippen molar-refractivity contribution >= 4 is 118 Å². The van der Waals surface area contributed by atoms with Crippen LogP contribution in [-0.2, 0) is 77.9 Å². The first-order chi connectivity index (χ1) is 0. The van der Waals surface area contributed by atoms with Crippen LogP contribution in [0.15, 0.2) is 0 Å². The molecule has 16 valence electrons. The summed E-state index contributed by atoms with van der Waals surface area (Å²) in [6.07, 6.45) is 0. The summed E-state index contributed by atoms with van der Waals surface area (Å²) in [5.41, 5.74) is 0. The van der Waals surface area contributed by atoms with Gasteiger partial charge >= 0.3 is 118 Å². The molecule has 0 unspecified atom stereocenters. The van der Waals surface area contributed by atoms with Gasteiger partial charge in [-0.1, -0.05) is 0 Å². The van der Waals surface area contributed by atoms with Crippen molar-refractivity contribution < 1.29 is 77.9 Å². The summed E-state index contributed by atoms with van der Waals surface area (Å²) < 4.78 is 0. The average Bonchev–Trinajstić information content (AvgIpc) is 0. The molecule has 8 heavy (non-hydrogen) atoms. The van der Waals surface area contributed by atoms with Crippen LogP contribution in [0.2, 0.25) is 0 Å². The summed E-state index contributed by atoms with van der Waals surface area (Å²) in [5, 5.41) is 0.